The van der Waals surface area contributed by atoms with Crippen LogP contribution in [0.3, 0.4) is 0 Å². The zero-order valence-corrected chi connectivity index (χ0v) is 10.1. The summed E-state index contributed by atoms with van der Waals surface area (Å²) in [5.74, 6) is 2.26. The first kappa shape index (κ1) is 14.2. The van der Waals surface area contributed by atoms with Crippen molar-refractivity contribution in [3.05, 3.63) is 0 Å². The number of ether oxygens (including phenoxy) is 1. The first-order chi connectivity index (χ1) is 6.85. The summed E-state index contributed by atoms with van der Waals surface area (Å²) in [7, 11) is 1.73. The average molecular weight is 221 g/mol. The number of aliphatic hydroxyl groups is 1. The van der Waals surface area contributed by atoms with E-state index < -0.39 is 0 Å². The number of nitrogens with one attached hydrogen (secondary N) is 1. The third-order valence-electron chi connectivity index (χ3n) is 1.96. The molecule has 0 saturated heterocycles. The molecular weight excluding hydrogens is 198 g/mol. The highest BCUT2D eigenvalue weighted by molar-refractivity contribution is 7.99. The van der Waals surface area contributed by atoms with Crippen molar-refractivity contribution in [2.24, 2.45) is 0 Å². The highest BCUT2D eigenvalue weighted by Crippen LogP contribution is 2.06. The van der Waals surface area contributed by atoms with Crippen molar-refractivity contribution >= 4 is 11.8 Å². The van der Waals surface area contributed by atoms with Gasteiger partial charge in [-0.3, -0.25) is 0 Å². The quantitative estimate of drug-likeness (QED) is 0.542. The molecule has 2 N–H and O–H groups in total. The third kappa shape index (κ3) is 8.81. The Morgan fingerprint density at radius 2 is 2.21 bits per heavy atom. The Morgan fingerprint density at radius 3 is 2.79 bits per heavy atom. The van der Waals surface area contributed by atoms with E-state index in [0.29, 0.717) is 0 Å². The summed E-state index contributed by atoms with van der Waals surface area (Å²) in [6, 6.07) is 0.273. The molecule has 0 aliphatic heterocycles. The SMILES string of the molecule is CCNC(CO)CCSCCCOC. The van der Waals surface area contributed by atoms with Crippen LogP contribution in [0.4, 0.5) is 0 Å². The van der Waals surface area contributed by atoms with Crippen molar-refractivity contribution in [2.45, 2.75) is 25.8 Å². The van der Waals surface area contributed by atoms with Crippen LogP contribution in [0.15, 0.2) is 0 Å². The van der Waals surface area contributed by atoms with Crippen LogP contribution in [0, 0.1) is 0 Å². The molecular formula is C10H23NO2S. The first-order valence-electron chi connectivity index (χ1n) is 5.26. The van der Waals surface area contributed by atoms with E-state index in [1.54, 1.807) is 7.11 Å². The topological polar surface area (TPSA) is 41.5 Å². The summed E-state index contributed by atoms with van der Waals surface area (Å²) < 4.78 is 4.96. The predicted octanol–water partition coefficient (Wildman–Crippen LogP) is 1.12. The molecule has 0 radical (unpaired) electrons. The van der Waals surface area contributed by atoms with E-state index in [-0.39, 0.29) is 12.6 Å². The maximum absolute atomic E-state index is 9.01. The minimum Gasteiger partial charge on any atom is -0.395 e. The first-order valence-corrected chi connectivity index (χ1v) is 6.41. The van der Waals surface area contributed by atoms with Gasteiger partial charge in [-0.15, -0.1) is 0 Å². The molecule has 0 rings (SSSR count). The molecule has 0 bridgehead atoms. The highest BCUT2D eigenvalue weighted by Gasteiger charge is 2.04. The van der Waals surface area contributed by atoms with Crippen molar-refractivity contribution in [1.82, 2.24) is 5.32 Å². The Balaban J connectivity index is 3.15. The molecule has 0 spiro atoms. The predicted molar refractivity (Wildman–Crippen MR) is 63.0 cm³/mol. The Kier molecular flexibility index (Phi) is 11.5. The van der Waals surface area contributed by atoms with E-state index in [9.17, 15) is 0 Å². The molecule has 86 valence electrons. The van der Waals surface area contributed by atoms with Crippen LogP contribution in [0.25, 0.3) is 0 Å². The minimum absolute atomic E-state index is 0.243. The van der Waals surface area contributed by atoms with Gasteiger partial charge in [0, 0.05) is 19.8 Å². The van der Waals surface area contributed by atoms with Crippen LogP contribution in [0.1, 0.15) is 19.8 Å². The third-order valence-corrected chi connectivity index (χ3v) is 3.06. The van der Waals surface area contributed by atoms with Crippen LogP contribution in [-0.4, -0.2) is 49.5 Å². The number of likely N-dealkylation sites (N-methyl/N-ethyl adjacent to an activating group) is 1. The van der Waals surface area contributed by atoms with Gasteiger partial charge in [0.15, 0.2) is 0 Å². The van der Waals surface area contributed by atoms with Crippen LogP contribution < -0.4 is 5.32 Å². The molecule has 0 aliphatic rings. The van der Waals surface area contributed by atoms with E-state index in [1.807, 2.05) is 11.8 Å². The summed E-state index contributed by atoms with van der Waals surface area (Å²) >= 11 is 1.93. The summed E-state index contributed by atoms with van der Waals surface area (Å²) in [5.41, 5.74) is 0. The number of aliphatic hydroxyl groups excluding tert-OH is 1. The van der Waals surface area contributed by atoms with Gasteiger partial charge in [0.2, 0.25) is 0 Å². The van der Waals surface area contributed by atoms with Crippen molar-refractivity contribution in [3.8, 4) is 0 Å². The number of rotatable bonds is 10. The fourth-order valence-electron chi connectivity index (χ4n) is 1.18. The Labute approximate surface area is 91.6 Å². The molecule has 0 aromatic rings. The Morgan fingerprint density at radius 1 is 1.43 bits per heavy atom. The van der Waals surface area contributed by atoms with Gasteiger partial charge in [-0.2, -0.15) is 11.8 Å². The Hall–Kier alpha value is 0.230. The monoisotopic (exact) mass is 221 g/mol. The van der Waals surface area contributed by atoms with Crippen LogP contribution >= 0.6 is 11.8 Å². The normalized spacial score (nSPS) is 13.1. The largest absolute Gasteiger partial charge is 0.395 e. The molecule has 1 unspecified atom stereocenters. The maximum atomic E-state index is 9.01. The molecule has 0 aliphatic carbocycles. The van der Waals surface area contributed by atoms with Gasteiger partial charge in [-0.1, -0.05) is 6.92 Å². The lowest BCUT2D eigenvalue weighted by atomic mass is 10.2. The molecule has 0 fully saturated rings. The molecule has 0 amide bonds. The average Bonchev–Trinajstić information content (AvgIpc) is 2.21. The minimum atomic E-state index is 0.243. The van der Waals surface area contributed by atoms with Gasteiger partial charge < -0.3 is 15.2 Å². The molecule has 0 saturated carbocycles. The smallest absolute Gasteiger partial charge is 0.0584 e. The van der Waals surface area contributed by atoms with Crippen molar-refractivity contribution in [1.29, 1.82) is 0 Å². The molecule has 14 heavy (non-hydrogen) atoms. The summed E-state index contributed by atoms with van der Waals surface area (Å²) in [5, 5.41) is 12.3. The number of hydrogen-bond acceptors (Lipinski definition) is 4. The van der Waals surface area contributed by atoms with Gasteiger partial charge >= 0.3 is 0 Å². The van der Waals surface area contributed by atoms with E-state index in [0.717, 1.165) is 37.5 Å². The van der Waals surface area contributed by atoms with Gasteiger partial charge in [0.05, 0.1) is 6.61 Å². The second-order valence-corrected chi connectivity index (χ2v) is 4.41. The lowest BCUT2D eigenvalue weighted by Gasteiger charge is -2.14. The number of thioether (sulfide) groups is 1. The standard InChI is InChI=1S/C10H23NO2S/c1-3-11-10(9-12)5-8-14-7-4-6-13-2/h10-12H,3-9H2,1-2H3. The van der Waals surface area contributed by atoms with E-state index >= 15 is 0 Å². The van der Waals surface area contributed by atoms with Gasteiger partial charge in [-0.25, -0.2) is 0 Å². The van der Waals surface area contributed by atoms with Crippen LogP contribution in [0.5, 0.6) is 0 Å². The van der Waals surface area contributed by atoms with E-state index in [4.69, 9.17) is 9.84 Å². The van der Waals surface area contributed by atoms with Gasteiger partial charge in [-0.05, 0) is 30.9 Å². The van der Waals surface area contributed by atoms with Crippen molar-refractivity contribution in [3.63, 3.8) is 0 Å². The zero-order chi connectivity index (χ0) is 10.6. The summed E-state index contributed by atoms with van der Waals surface area (Å²) in [4.78, 5) is 0. The van der Waals surface area contributed by atoms with Gasteiger partial charge in [0.1, 0.15) is 0 Å². The van der Waals surface area contributed by atoms with E-state index in [2.05, 4.69) is 12.2 Å². The molecule has 1 atom stereocenters. The second kappa shape index (κ2) is 11.3. The van der Waals surface area contributed by atoms with Crippen molar-refractivity contribution in [2.75, 3.05) is 38.4 Å². The van der Waals surface area contributed by atoms with Crippen molar-refractivity contribution < 1.29 is 9.84 Å². The van der Waals surface area contributed by atoms with Gasteiger partial charge in [0.25, 0.3) is 0 Å². The summed E-state index contributed by atoms with van der Waals surface area (Å²) in [6.07, 6.45) is 2.16. The number of hydrogen-bond donors (Lipinski definition) is 2. The Bertz CT molecular complexity index is 114. The summed E-state index contributed by atoms with van der Waals surface area (Å²) in [6.45, 7) is 4.09. The molecule has 3 nitrogen and oxygen atoms in total. The lowest BCUT2D eigenvalue weighted by molar-refractivity contribution is 0.200. The molecule has 0 heterocycles. The molecule has 0 aromatic heterocycles. The fraction of sp³-hybridized carbons (Fsp3) is 1.00. The molecule has 0 aromatic carbocycles. The van der Waals surface area contributed by atoms with E-state index in [1.165, 1.54) is 0 Å². The maximum Gasteiger partial charge on any atom is 0.0584 e. The zero-order valence-electron chi connectivity index (χ0n) is 9.29. The van der Waals surface area contributed by atoms with Crippen LogP contribution in [0.2, 0.25) is 0 Å². The lowest BCUT2D eigenvalue weighted by Crippen LogP contribution is -2.32. The number of methoxy groups -OCH3 is 1. The fourth-order valence-corrected chi connectivity index (χ4v) is 2.16. The molecule has 4 heteroatoms. The second-order valence-electron chi connectivity index (χ2n) is 3.18. The highest BCUT2D eigenvalue weighted by atomic mass is 32.2. The van der Waals surface area contributed by atoms with Crippen LogP contribution in [-0.2, 0) is 4.74 Å².